The summed E-state index contributed by atoms with van der Waals surface area (Å²) in [5, 5.41) is 6.78. The molecule has 1 fully saturated rings. The van der Waals surface area contributed by atoms with Crippen LogP contribution in [0, 0.1) is 6.92 Å². The molecule has 3 rings (SSSR count). The molecule has 0 radical (unpaired) electrons. The summed E-state index contributed by atoms with van der Waals surface area (Å²) in [6.45, 7) is 5.37. The number of nitrogens with two attached hydrogens (primary N) is 1. The Morgan fingerprint density at radius 1 is 1.43 bits per heavy atom. The smallest absolute Gasteiger partial charge is 0.271 e. The lowest BCUT2D eigenvalue weighted by atomic mass is 10.2. The van der Waals surface area contributed by atoms with Gasteiger partial charge in [0.05, 0.1) is 11.9 Å². The normalized spacial score (nSPS) is 18.5. The summed E-state index contributed by atoms with van der Waals surface area (Å²) in [5.74, 6) is 0.105. The fraction of sp³-hybridized carbons (Fsp3) is 0.389. The Labute approximate surface area is 167 Å². The van der Waals surface area contributed by atoms with Crippen LogP contribution in [-0.4, -0.2) is 45.3 Å². The average molecular weight is 401 g/mol. The molecule has 0 aliphatic heterocycles. The van der Waals surface area contributed by atoms with E-state index in [0.29, 0.717) is 11.6 Å². The van der Waals surface area contributed by atoms with E-state index in [1.807, 2.05) is 24.9 Å². The number of aromatic nitrogens is 3. The zero-order chi connectivity index (χ0) is 20.3. The number of amides is 2. The minimum Gasteiger partial charge on any atom is -0.364 e. The molecular weight excluding hydrogens is 378 g/mol. The lowest BCUT2D eigenvalue weighted by molar-refractivity contribution is -0.117. The third-order valence-corrected chi connectivity index (χ3v) is 5.50. The van der Waals surface area contributed by atoms with E-state index in [1.54, 1.807) is 6.20 Å². The Bertz CT molecular complexity index is 898. The molecule has 2 aromatic rings. The number of hydrogen-bond donors (Lipinski definition) is 3. The first-order valence-corrected chi connectivity index (χ1v) is 9.67. The minimum atomic E-state index is -0.654. The molecule has 2 atom stereocenters. The third-order valence-electron chi connectivity index (χ3n) is 4.71. The number of rotatable bonds is 7. The van der Waals surface area contributed by atoms with Gasteiger partial charge in [-0.15, -0.1) is 0 Å². The molecule has 2 amide bonds. The molecule has 0 bridgehead atoms. The number of primary amides is 1. The SMILES string of the molecule is C=CC(=O)NC1CC[C@@H](N(C)c2cnc(C(N)=O)c(Nc3cc(C)ns3)n2)C1. The highest BCUT2D eigenvalue weighted by Crippen LogP contribution is 2.29. The van der Waals surface area contributed by atoms with Crippen LogP contribution in [0.2, 0.25) is 0 Å². The molecule has 1 saturated carbocycles. The van der Waals surface area contributed by atoms with Crippen LogP contribution in [-0.2, 0) is 4.79 Å². The van der Waals surface area contributed by atoms with Crippen LogP contribution in [0.15, 0.2) is 24.9 Å². The quantitative estimate of drug-likeness (QED) is 0.603. The van der Waals surface area contributed by atoms with Crippen molar-refractivity contribution in [2.45, 2.75) is 38.3 Å². The topological polar surface area (TPSA) is 126 Å². The van der Waals surface area contributed by atoms with Crippen molar-refractivity contribution in [1.29, 1.82) is 0 Å². The zero-order valence-electron chi connectivity index (χ0n) is 15.8. The summed E-state index contributed by atoms with van der Waals surface area (Å²) in [6, 6.07) is 2.16. The van der Waals surface area contributed by atoms with Gasteiger partial charge in [-0.2, -0.15) is 4.37 Å². The molecule has 1 aliphatic rings. The van der Waals surface area contributed by atoms with Gasteiger partial charge in [0.25, 0.3) is 5.91 Å². The van der Waals surface area contributed by atoms with Gasteiger partial charge in [-0.1, -0.05) is 6.58 Å². The molecule has 10 heteroatoms. The van der Waals surface area contributed by atoms with E-state index < -0.39 is 5.91 Å². The number of carbonyl (C=O) groups is 2. The molecule has 1 aliphatic carbocycles. The molecule has 2 aromatic heterocycles. The number of nitrogens with one attached hydrogen (secondary N) is 2. The molecule has 2 heterocycles. The van der Waals surface area contributed by atoms with E-state index in [2.05, 4.69) is 31.6 Å². The summed E-state index contributed by atoms with van der Waals surface area (Å²) < 4.78 is 4.21. The highest BCUT2D eigenvalue weighted by Gasteiger charge is 2.29. The van der Waals surface area contributed by atoms with Crippen molar-refractivity contribution in [3.05, 3.63) is 36.3 Å². The summed E-state index contributed by atoms with van der Waals surface area (Å²) in [5.41, 5.74) is 6.39. The second-order valence-corrected chi connectivity index (χ2v) is 7.54. The first-order valence-electron chi connectivity index (χ1n) is 8.90. The van der Waals surface area contributed by atoms with Gasteiger partial charge in [-0.05, 0) is 49.9 Å². The van der Waals surface area contributed by atoms with E-state index in [1.165, 1.54) is 17.6 Å². The fourth-order valence-electron chi connectivity index (χ4n) is 3.24. The van der Waals surface area contributed by atoms with Gasteiger partial charge >= 0.3 is 0 Å². The number of anilines is 3. The third kappa shape index (κ3) is 4.45. The maximum absolute atomic E-state index is 11.7. The second-order valence-electron chi connectivity index (χ2n) is 6.73. The van der Waals surface area contributed by atoms with Crippen molar-refractivity contribution < 1.29 is 9.59 Å². The lowest BCUT2D eigenvalue weighted by Gasteiger charge is -2.26. The Hall–Kier alpha value is -3.01. The van der Waals surface area contributed by atoms with Gasteiger partial charge in [0.1, 0.15) is 10.8 Å². The predicted molar refractivity (Wildman–Crippen MR) is 109 cm³/mol. The van der Waals surface area contributed by atoms with Crippen LogP contribution in [0.25, 0.3) is 0 Å². The Morgan fingerprint density at radius 3 is 2.86 bits per heavy atom. The van der Waals surface area contributed by atoms with E-state index in [0.717, 1.165) is 30.0 Å². The number of nitrogens with zero attached hydrogens (tertiary/aromatic N) is 4. The van der Waals surface area contributed by atoms with Gasteiger partial charge in [-0.25, -0.2) is 9.97 Å². The van der Waals surface area contributed by atoms with E-state index in [4.69, 9.17) is 5.73 Å². The van der Waals surface area contributed by atoms with Crippen molar-refractivity contribution in [1.82, 2.24) is 19.7 Å². The van der Waals surface area contributed by atoms with E-state index >= 15 is 0 Å². The van der Waals surface area contributed by atoms with Gasteiger partial charge in [0, 0.05) is 19.1 Å². The Kier molecular flexibility index (Phi) is 5.88. The van der Waals surface area contributed by atoms with Crippen molar-refractivity contribution in [2.24, 2.45) is 5.73 Å². The molecule has 148 valence electrons. The summed E-state index contributed by atoms with van der Waals surface area (Å²) in [6.07, 6.45) is 5.41. The predicted octanol–water partition coefficient (Wildman–Crippen LogP) is 1.74. The molecular formula is C18H23N7O2S. The second kappa shape index (κ2) is 8.34. The summed E-state index contributed by atoms with van der Waals surface area (Å²) >= 11 is 1.27. The van der Waals surface area contributed by atoms with Gasteiger partial charge in [0.15, 0.2) is 11.5 Å². The fourth-order valence-corrected chi connectivity index (χ4v) is 3.90. The molecule has 0 aromatic carbocycles. The van der Waals surface area contributed by atoms with Crippen LogP contribution >= 0.6 is 11.5 Å². The first-order chi connectivity index (χ1) is 13.4. The Morgan fingerprint density at radius 2 is 2.21 bits per heavy atom. The van der Waals surface area contributed by atoms with Crippen LogP contribution in [0.5, 0.6) is 0 Å². The summed E-state index contributed by atoms with van der Waals surface area (Å²) in [4.78, 5) is 34.0. The van der Waals surface area contributed by atoms with Crippen LogP contribution in [0.3, 0.4) is 0 Å². The molecule has 28 heavy (non-hydrogen) atoms. The van der Waals surface area contributed by atoms with Crippen molar-refractivity contribution >= 4 is 40.0 Å². The summed E-state index contributed by atoms with van der Waals surface area (Å²) in [7, 11) is 1.93. The van der Waals surface area contributed by atoms with Crippen molar-refractivity contribution in [2.75, 3.05) is 17.3 Å². The minimum absolute atomic E-state index is 0.0748. The first kappa shape index (κ1) is 19.7. The van der Waals surface area contributed by atoms with Gasteiger partial charge in [-0.3, -0.25) is 9.59 Å². The van der Waals surface area contributed by atoms with Crippen LogP contribution in [0.1, 0.15) is 35.4 Å². The zero-order valence-corrected chi connectivity index (χ0v) is 16.6. The highest BCUT2D eigenvalue weighted by atomic mass is 32.1. The maximum atomic E-state index is 11.7. The number of hydrogen-bond acceptors (Lipinski definition) is 8. The van der Waals surface area contributed by atoms with E-state index in [9.17, 15) is 9.59 Å². The van der Waals surface area contributed by atoms with Crippen LogP contribution in [0.4, 0.5) is 16.6 Å². The van der Waals surface area contributed by atoms with Crippen molar-refractivity contribution in [3.8, 4) is 0 Å². The lowest BCUT2D eigenvalue weighted by Crippen LogP contribution is -2.35. The Balaban J connectivity index is 1.78. The number of carbonyl (C=O) groups excluding carboxylic acids is 2. The van der Waals surface area contributed by atoms with Gasteiger partial charge < -0.3 is 21.3 Å². The molecule has 4 N–H and O–H groups in total. The van der Waals surface area contributed by atoms with E-state index in [-0.39, 0.29) is 23.7 Å². The van der Waals surface area contributed by atoms with Crippen molar-refractivity contribution in [3.63, 3.8) is 0 Å². The standard InChI is InChI=1S/C18H23N7O2S/c1-4-14(26)21-11-5-6-12(8-11)25(3)13-9-20-16(17(19)27)18(22-13)23-15-7-10(2)24-28-15/h4,7,9,11-12H,1,5-6,8H2,2-3H3,(H2,19,27)(H,21,26)(H,22,23)/t11?,12-/m1/s1. The largest absolute Gasteiger partial charge is 0.364 e. The molecule has 0 saturated heterocycles. The van der Waals surface area contributed by atoms with Crippen LogP contribution < -0.4 is 21.3 Å². The average Bonchev–Trinajstić information content (AvgIpc) is 3.29. The molecule has 9 nitrogen and oxygen atoms in total. The highest BCUT2D eigenvalue weighted by molar-refractivity contribution is 7.10. The maximum Gasteiger partial charge on any atom is 0.271 e. The number of aryl methyl sites for hydroxylation is 1. The molecule has 1 unspecified atom stereocenters. The monoisotopic (exact) mass is 401 g/mol. The molecule has 0 spiro atoms. The van der Waals surface area contributed by atoms with Gasteiger partial charge in [0.2, 0.25) is 5.91 Å².